The van der Waals surface area contributed by atoms with Crippen LogP contribution in [0.2, 0.25) is 0 Å². The van der Waals surface area contributed by atoms with Crippen molar-refractivity contribution >= 4 is 46.7 Å². The third kappa shape index (κ3) is 5.16. The highest BCUT2D eigenvalue weighted by atomic mass is 35.5. The summed E-state index contributed by atoms with van der Waals surface area (Å²) in [7, 11) is 4.16. The number of methoxy groups -OCH3 is 3. The van der Waals surface area contributed by atoms with Crippen LogP contribution in [-0.2, 0) is 14.3 Å². The smallest absolute Gasteiger partial charge is 0.343 e. The number of halogens is 1. The SMILES string of the molecule is COC(=O)c1ccc(OC(=O)c2ccc(NC3=C(Cl)C(=O)N(c4ccc(OC)cc4OC)C3=O)cc2)cc1. The molecule has 10 nitrogen and oxygen atoms in total. The molecular formula is C27H21ClN2O8. The minimum absolute atomic E-state index is 0.129. The van der Waals surface area contributed by atoms with Crippen LogP contribution in [0, 0.1) is 0 Å². The van der Waals surface area contributed by atoms with Crippen molar-refractivity contribution in [1.82, 2.24) is 0 Å². The second kappa shape index (κ2) is 11.1. The van der Waals surface area contributed by atoms with E-state index in [0.717, 1.165) is 4.90 Å². The number of hydrogen-bond acceptors (Lipinski definition) is 9. The van der Waals surface area contributed by atoms with Crippen LogP contribution in [0.15, 0.2) is 77.5 Å². The molecule has 1 N–H and O–H groups in total. The zero-order valence-electron chi connectivity index (χ0n) is 20.4. The second-order valence-electron chi connectivity index (χ2n) is 7.78. The molecule has 3 aromatic carbocycles. The van der Waals surface area contributed by atoms with Crippen LogP contribution < -0.4 is 24.4 Å². The topological polar surface area (TPSA) is 120 Å². The molecule has 0 bridgehead atoms. The Hall–Kier alpha value is -4.83. The molecule has 1 aliphatic heterocycles. The number of imide groups is 1. The van der Waals surface area contributed by atoms with Crippen LogP contribution in [0.4, 0.5) is 11.4 Å². The Labute approximate surface area is 222 Å². The number of anilines is 2. The summed E-state index contributed by atoms with van der Waals surface area (Å²) in [6.45, 7) is 0. The van der Waals surface area contributed by atoms with Gasteiger partial charge in [0.25, 0.3) is 11.8 Å². The minimum atomic E-state index is -0.721. The molecule has 38 heavy (non-hydrogen) atoms. The van der Waals surface area contributed by atoms with E-state index >= 15 is 0 Å². The number of amides is 2. The van der Waals surface area contributed by atoms with E-state index in [1.807, 2.05) is 0 Å². The molecule has 0 saturated heterocycles. The summed E-state index contributed by atoms with van der Waals surface area (Å²) in [6.07, 6.45) is 0. The number of benzene rings is 3. The molecule has 4 rings (SSSR count). The number of hydrogen-bond donors (Lipinski definition) is 1. The Kier molecular flexibility index (Phi) is 7.63. The first-order chi connectivity index (χ1) is 18.3. The van der Waals surface area contributed by atoms with Gasteiger partial charge < -0.3 is 24.3 Å². The van der Waals surface area contributed by atoms with Gasteiger partial charge in [-0.1, -0.05) is 11.6 Å². The number of esters is 2. The number of carbonyl (C=O) groups excluding carboxylic acids is 4. The van der Waals surface area contributed by atoms with Gasteiger partial charge in [0.15, 0.2) is 0 Å². The normalized spacial score (nSPS) is 12.9. The summed E-state index contributed by atoms with van der Waals surface area (Å²) < 4.78 is 20.4. The molecule has 0 saturated carbocycles. The van der Waals surface area contributed by atoms with Crippen LogP contribution in [0.1, 0.15) is 20.7 Å². The summed E-state index contributed by atoms with van der Waals surface area (Å²) >= 11 is 6.22. The third-order valence-corrected chi connectivity index (χ3v) is 5.88. The van der Waals surface area contributed by atoms with E-state index in [9.17, 15) is 19.2 Å². The predicted octanol–water partition coefficient (Wildman–Crippen LogP) is 4.15. The molecule has 2 amide bonds. The first kappa shape index (κ1) is 26.2. The molecule has 11 heteroatoms. The molecule has 1 heterocycles. The highest BCUT2D eigenvalue weighted by Gasteiger charge is 2.40. The van der Waals surface area contributed by atoms with Gasteiger partial charge in [-0.15, -0.1) is 0 Å². The van der Waals surface area contributed by atoms with Crippen molar-refractivity contribution in [2.75, 3.05) is 31.5 Å². The van der Waals surface area contributed by atoms with Gasteiger partial charge in [0.2, 0.25) is 0 Å². The van der Waals surface area contributed by atoms with Gasteiger partial charge in [-0.05, 0) is 60.7 Å². The van der Waals surface area contributed by atoms with Crippen LogP contribution in [0.25, 0.3) is 0 Å². The lowest BCUT2D eigenvalue weighted by molar-refractivity contribution is -0.120. The predicted molar refractivity (Wildman–Crippen MR) is 138 cm³/mol. The Balaban J connectivity index is 1.46. The Morgan fingerprint density at radius 2 is 1.37 bits per heavy atom. The summed E-state index contributed by atoms with van der Waals surface area (Å²) in [4.78, 5) is 50.9. The standard InChI is InChI=1S/C27H21ClN2O8/c1-35-19-12-13-20(21(14-19)36-2)30-24(31)22(28)23(25(30)32)29-17-8-4-16(5-9-17)27(34)38-18-10-6-15(7-11-18)26(33)37-3/h4-14,29H,1-3H3. The monoisotopic (exact) mass is 536 g/mol. The third-order valence-electron chi connectivity index (χ3n) is 5.53. The van der Waals surface area contributed by atoms with E-state index in [1.54, 1.807) is 12.1 Å². The molecule has 0 unspecified atom stereocenters. The Morgan fingerprint density at radius 1 is 0.763 bits per heavy atom. The molecule has 194 valence electrons. The van der Waals surface area contributed by atoms with E-state index in [-0.39, 0.29) is 33.5 Å². The number of ether oxygens (including phenoxy) is 4. The van der Waals surface area contributed by atoms with Gasteiger partial charge in [-0.2, -0.15) is 0 Å². The van der Waals surface area contributed by atoms with Gasteiger partial charge in [0.1, 0.15) is 28.0 Å². The second-order valence-corrected chi connectivity index (χ2v) is 8.16. The molecule has 0 atom stereocenters. The maximum atomic E-state index is 13.1. The van der Waals surface area contributed by atoms with Crippen molar-refractivity contribution in [3.8, 4) is 17.2 Å². The van der Waals surface area contributed by atoms with Crippen LogP contribution in [0.5, 0.6) is 17.2 Å². The van der Waals surface area contributed by atoms with E-state index in [4.69, 9.17) is 25.8 Å². The molecule has 1 aliphatic rings. The molecule has 0 aliphatic carbocycles. The molecule has 0 fully saturated rings. The highest BCUT2D eigenvalue weighted by molar-refractivity contribution is 6.53. The average Bonchev–Trinajstić information content (AvgIpc) is 3.15. The lowest BCUT2D eigenvalue weighted by Gasteiger charge is -2.18. The van der Waals surface area contributed by atoms with E-state index in [2.05, 4.69) is 10.1 Å². The van der Waals surface area contributed by atoms with E-state index in [0.29, 0.717) is 17.0 Å². The van der Waals surface area contributed by atoms with Gasteiger partial charge in [0.05, 0.1) is 38.1 Å². The minimum Gasteiger partial charge on any atom is -0.497 e. The maximum absolute atomic E-state index is 13.1. The summed E-state index contributed by atoms with van der Waals surface area (Å²) in [6, 6.07) is 16.6. The van der Waals surface area contributed by atoms with Crippen molar-refractivity contribution in [3.05, 3.63) is 88.6 Å². The van der Waals surface area contributed by atoms with Crippen molar-refractivity contribution < 1.29 is 38.1 Å². The first-order valence-electron chi connectivity index (χ1n) is 11.1. The molecular weight excluding hydrogens is 516 g/mol. The largest absolute Gasteiger partial charge is 0.497 e. The van der Waals surface area contributed by atoms with Gasteiger partial charge in [0, 0.05) is 11.8 Å². The van der Waals surface area contributed by atoms with Gasteiger partial charge >= 0.3 is 11.9 Å². The molecule has 0 radical (unpaired) electrons. The molecule has 3 aromatic rings. The van der Waals surface area contributed by atoms with E-state index in [1.165, 1.54) is 75.9 Å². The van der Waals surface area contributed by atoms with Crippen molar-refractivity contribution in [2.24, 2.45) is 0 Å². The maximum Gasteiger partial charge on any atom is 0.343 e. The Morgan fingerprint density at radius 3 is 1.97 bits per heavy atom. The molecule has 0 aromatic heterocycles. The zero-order chi connectivity index (χ0) is 27.4. The lowest BCUT2D eigenvalue weighted by atomic mass is 10.2. The number of carbonyl (C=O) groups is 4. The Bertz CT molecular complexity index is 1450. The lowest BCUT2D eigenvalue weighted by Crippen LogP contribution is -2.32. The molecule has 0 spiro atoms. The average molecular weight is 537 g/mol. The number of nitrogens with one attached hydrogen (secondary N) is 1. The quantitative estimate of drug-likeness (QED) is 0.257. The van der Waals surface area contributed by atoms with Crippen molar-refractivity contribution in [3.63, 3.8) is 0 Å². The van der Waals surface area contributed by atoms with Crippen molar-refractivity contribution in [1.29, 1.82) is 0 Å². The van der Waals surface area contributed by atoms with Gasteiger partial charge in [-0.25, -0.2) is 14.5 Å². The van der Waals surface area contributed by atoms with Crippen LogP contribution in [0.3, 0.4) is 0 Å². The number of nitrogens with zero attached hydrogens (tertiary/aromatic N) is 1. The van der Waals surface area contributed by atoms with Crippen molar-refractivity contribution in [2.45, 2.75) is 0 Å². The van der Waals surface area contributed by atoms with Gasteiger partial charge in [-0.3, -0.25) is 9.59 Å². The zero-order valence-corrected chi connectivity index (χ0v) is 21.2. The summed E-state index contributed by atoms with van der Waals surface area (Å²) in [5.41, 5.74) is 1.03. The highest BCUT2D eigenvalue weighted by Crippen LogP contribution is 2.37. The summed E-state index contributed by atoms with van der Waals surface area (Å²) in [5.74, 6) is -1.56. The fourth-order valence-corrected chi connectivity index (χ4v) is 3.79. The fourth-order valence-electron chi connectivity index (χ4n) is 3.58. The first-order valence-corrected chi connectivity index (χ1v) is 11.4. The van der Waals surface area contributed by atoms with E-state index < -0.39 is 23.8 Å². The van der Waals surface area contributed by atoms with Crippen LogP contribution in [-0.4, -0.2) is 45.1 Å². The summed E-state index contributed by atoms with van der Waals surface area (Å²) in [5, 5.41) is 2.54. The fraction of sp³-hybridized carbons (Fsp3) is 0.111. The van der Waals surface area contributed by atoms with Crippen LogP contribution >= 0.6 is 11.6 Å². The number of rotatable bonds is 8.